The third kappa shape index (κ3) is 3.37. The zero-order valence-corrected chi connectivity index (χ0v) is 14.7. The molecule has 0 aromatic carbocycles. The van der Waals surface area contributed by atoms with E-state index in [1.807, 2.05) is 37.2 Å². The van der Waals surface area contributed by atoms with Crippen LogP contribution in [0.4, 0.5) is 5.88 Å². The number of oxazole rings is 1. The number of halogens is 1. The van der Waals surface area contributed by atoms with E-state index >= 15 is 0 Å². The molecule has 3 aromatic rings. The third-order valence-corrected chi connectivity index (χ3v) is 3.89. The number of aromatic nitrogens is 1. The monoisotopic (exact) mass is 390 g/mol. The molecule has 0 bridgehead atoms. The average molecular weight is 391 g/mol. The average Bonchev–Trinajstić information content (AvgIpc) is 3.27. The smallest absolute Gasteiger partial charge is 0.266 e. The lowest BCUT2D eigenvalue weighted by Crippen LogP contribution is -2.26. The van der Waals surface area contributed by atoms with E-state index in [4.69, 9.17) is 13.3 Å². The Bertz CT molecular complexity index is 845. The lowest BCUT2D eigenvalue weighted by atomic mass is 10.2. The summed E-state index contributed by atoms with van der Waals surface area (Å²) < 4.78 is 17.1. The van der Waals surface area contributed by atoms with Gasteiger partial charge in [-0.2, -0.15) is 10.2 Å². The molecule has 3 heterocycles. The van der Waals surface area contributed by atoms with Crippen molar-refractivity contribution in [1.82, 2.24) is 9.88 Å². The second-order valence-corrected chi connectivity index (χ2v) is 6.07. The van der Waals surface area contributed by atoms with Gasteiger partial charge in [-0.1, -0.05) is 0 Å². The molecule has 3 rings (SSSR count). The standard InChI is InChI=1S/C16H15BrN4O3/c1-21(2)11(12-4-3-7-22-12)9-19-15-10(8-18)20-16(24-15)13-5-6-14(17)23-13/h3-7,11,19H,9H2,1-2H3/t11-/m1/s1. The van der Waals surface area contributed by atoms with Gasteiger partial charge in [0.2, 0.25) is 11.6 Å². The van der Waals surface area contributed by atoms with Gasteiger partial charge in [-0.25, -0.2) is 0 Å². The predicted molar refractivity (Wildman–Crippen MR) is 90.2 cm³/mol. The van der Waals surface area contributed by atoms with Crippen LogP contribution in [0.15, 0.2) is 48.4 Å². The Morgan fingerprint density at radius 2 is 2.17 bits per heavy atom. The fourth-order valence-electron chi connectivity index (χ4n) is 2.26. The number of hydrogen-bond acceptors (Lipinski definition) is 7. The minimum Gasteiger partial charge on any atom is -0.468 e. The van der Waals surface area contributed by atoms with Crippen molar-refractivity contribution in [1.29, 1.82) is 5.26 Å². The molecule has 0 aliphatic heterocycles. The summed E-state index contributed by atoms with van der Waals surface area (Å²) in [5.74, 6) is 1.82. The maximum Gasteiger partial charge on any atom is 0.266 e. The Labute approximate surface area is 147 Å². The highest BCUT2D eigenvalue weighted by Crippen LogP contribution is 2.29. The van der Waals surface area contributed by atoms with E-state index in [2.05, 4.69) is 26.2 Å². The second kappa shape index (κ2) is 6.95. The van der Waals surface area contributed by atoms with Gasteiger partial charge in [0, 0.05) is 6.54 Å². The van der Waals surface area contributed by atoms with Crippen LogP contribution in [0.2, 0.25) is 0 Å². The number of anilines is 1. The van der Waals surface area contributed by atoms with E-state index in [-0.39, 0.29) is 17.6 Å². The van der Waals surface area contributed by atoms with Crippen LogP contribution in [-0.2, 0) is 0 Å². The van der Waals surface area contributed by atoms with Gasteiger partial charge in [0.05, 0.1) is 12.3 Å². The van der Waals surface area contributed by atoms with Crippen molar-refractivity contribution in [3.05, 3.63) is 46.7 Å². The first-order chi connectivity index (χ1) is 11.6. The van der Waals surface area contributed by atoms with Gasteiger partial charge in [-0.05, 0) is 54.3 Å². The van der Waals surface area contributed by atoms with Gasteiger partial charge < -0.3 is 18.6 Å². The summed E-state index contributed by atoms with van der Waals surface area (Å²) >= 11 is 3.23. The first kappa shape index (κ1) is 16.4. The molecule has 0 saturated carbocycles. The van der Waals surface area contributed by atoms with Crippen molar-refractivity contribution < 1.29 is 13.3 Å². The van der Waals surface area contributed by atoms with Crippen LogP contribution >= 0.6 is 15.9 Å². The first-order valence-corrected chi connectivity index (χ1v) is 7.98. The van der Waals surface area contributed by atoms with Crippen LogP contribution < -0.4 is 5.32 Å². The predicted octanol–water partition coefficient (Wildman–Crippen LogP) is 3.88. The van der Waals surface area contributed by atoms with Crippen molar-refractivity contribution in [3.8, 4) is 17.7 Å². The van der Waals surface area contributed by atoms with Crippen LogP contribution in [0, 0.1) is 11.3 Å². The SMILES string of the molecule is CN(C)[C@H](CNc1oc(-c2ccc(Br)o2)nc1C#N)c1ccco1. The lowest BCUT2D eigenvalue weighted by Gasteiger charge is -2.22. The molecule has 0 radical (unpaired) electrons. The number of nitrogens with one attached hydrogen (secondary N) is 1. The van der Waals surface area contributed by atoms with Crippen LogP contribution in [-0.4, -0.2) is 30.5 Å². The summed E-state index contributed by atoms with van der Waals surface area (Å²) in [6, 6.07) is 9.20. The minimum absolute atomic E-state index is 0.0159. The highest BCUT2D eigenvalue weighted by molar-refractivity contribution is 9.10. The molecule has 0 aliphatic rings. The number of likely N-dealkylation sites (N-methyl/N-ethyl adjacent to an activating group) is 1. The molecule has 0 fully saturated rings. The normalized spacial score (nSPS) is 12.3. The van der Waals surface area contributed by atoms with Crippen molar-refractivity contribution in [3.63, 3.8) is 0 Å². The highest BCUT2D eigenvalue weighted by Gasteiger charge is 2.21. The summed E-state index contributed by atoms with van der Waals surface area (Å²) in [4.78, 5) is 6.17. The van der Waals surface area contributed by atoms with Gasteiger partial charge in [0.25, 0.3) is 5.89 Å². The summed E-state index contributed by atoms with van der Waals surface area (Å²) in [7, 11) is 3.90. The summed E-state index contributed by atoms with van der Waals surface area (Å²) in [5.41, 5.74) is 0.175. The Morgan fingerprint density at radius 1 is 1.33 bits per heavy atom. The lowest BCUT2D eigenvalue weighted by molar-refractivity contribution is 0.268. The molecule has 124 valence electrons. The number of furan rings is 2. The van der Waals surface area contributed by atoms with Gasteiger partial charge in [-0.15, -0.1) is 0 Å². The van der Waals surface area contributed by atoms with Gasteiger partial charge in [0.1, 0.15) is 11.8 Å². The molecule has 0 unspecified atom stereocenters. The Morgan fingerprint density at radius 3 is 2.75 bits per heavy atom. The fraction of sp³-hybridized carbons (Fsp3) is 0.250. The van der Waals surface area contributed by atoms with E-state index in [1.165, 1.54) is 0 Å². The molecular formula is C16H15BrN4O3. The second-order valence-electron chi connectivity index (χ2n) is 5.29. The Hall–Kier alpha value is -2.50. The van der Waals surface area contributed by atoms with Crippen LogP contribution in [0.3, 0.4) is 0 Å². The topological polar surface area (TPSA) is 91.4 Å². The fourth-order valence-corrected chi connectivity index (χ4v) is 2.56. The molecule has 3 aromatic heterocycles. The van der Waals surface area contributed by atoms with Crippen LogP contribution in [0.1, 0.15) is 17.5 Å². The van der Waals surface area contributed by atoms with Gasteiger partial charge in [-0.3, -0.25) is 4.90 Å². The van der Waals surface area contributed by atoms with E-state index in [9.17, 15) is 5.26 Å². The maximum absolute atomic E-state index is 9.26. The number of rotatable bonds is 6. The molecule has 0 amide bonds. The largest absolute Gasteiger partial charge is 0.468 e. The van der Waals surface area contributed by atoms with Crippen molar-refractivity contribution >= 4 is 21.8 Å². The van der Waals surface area contributed by atoms with E-state index < -0.39 is 0 Å². The van der Waals surface area contributed by atoms with E-state index in [0.29, 0.717) is 22.9 Å². The zero-order chi connectivity index (χ0) is 17.1. The van der Waals surface area contributed by atoms with Crippen molar-refractivity contribution in [2.75, 3.05) is 26.0 Å². The molecule has 1 N–H and O–H groups in total. The van der Waals surface area contributed by atoms with Crippen LogP contribution in [0.25, 0.3) is 11.7 Å². The first-order valence-electron chi connectivity index (χ1n) is 7.19. The summed E-state index contributed by atoms with van der Waals surface area (Å²) in [6.45, 7) is 0.492. The Balaban J connectivity index is 1.79. The summed E-state index contributed by atoms with van der Waals surface area (Å²) in [6.07, 6.45) is 1.63. The van der Waals surface area contributed by atoms with E-state index in [1.54, 1.807) is 18.4 Å². The quantitative estimate of drug-likeness (QED) is 0.682. The van der Waals surface area contributed by atoms with Crippen molar-refractivity contribution in [2.24, 2.45) is 0 Å². The molecule has 1 atom stereocenters. The molecule has 7 nitrogen and oxygen atoms in total. The number of nitrogens with zero attached hydrogens (tertiary/aromatic N) is 3. The molecule has 0 aliphatic carbocycles. The van der Waals surface area contributed by atoms with Gasteiger partial charge in [0.15, 0.2) is 10.4 Å². The van der Waals surface area contributed by atoms with Gasteiger partial charge >= 0.3 is 0 Å². The number of nitriles is 1. The number of hydrogen-bond donors (Lipinski definition) is 1. The molecule has 24 heavy (non-hydrogen) atoms. The molecule has 0 saturated heterocycles. The minimum atomic E-state index is -0.0159. The third-order valence-electron chi connectivity index (χ3n) is 3.47. The van der Waals surface area contributed by atoms with E-state index in [0.717, 1.165) is 5.76 Å². The van der Waals surface area contributed by atoms with Crippen molar-refractivity contribution in [2.45, 2.75) is 6.04 Å². The Kier molecular flexibility index (Phi) is 4.74. The maximum atomic E-state index is 9.26. The summed E-state index contributed by atoms with van der Waals surface area (Å²) in [5, 5.41) is 12.4. The molecule has 0 spiro atoms. The molecular weight excluding hydrogens is 376 g/mol. The van der Waals surface area contributed by atoms with Crippen LogP contribution in [0.5, 0.6) is 0 Å². The molecule has 8 heteroatoms. The zero-order valence-electron chi connectivity index (χ0n) is 13.1. The highest BCUT2D eigenvalue weighted by atomic mass is 79.9.